The first-order chi connectivity index (χ1) is 12.4. The number of hydrogen-bond acceptors (Lipinski definition) is 4. The predicted octanol–water partition coefficient (Wildman–Crippen LogP) is 2.66. The van der Waals surface area contributed by atoms with Crippen molar-refractivity contribution in [2.45, 2.75) is 26.4 Å². The lowest BCUT2D eigenvalue weighted by atomic mass is 10.0. The fraction of sp³-hybridized carbons (Fsp3) is 0.250. The Morgan fingerprint density at radius 3 is 2.08 bits per heavy atom. The summed E-state index contributed by atoms with van der Waals surface area (Å²) in [5, 5.41) is 1.94. The van der Waals surface area contributed by atoms with Crippen molar-refractivity contribution in [1.29, 1.82) is 0 Å². The first kappa shape index (κ1) is 19.2. The third-order valence-corrected chi connectivity index (χ3v) is 3.78. The van der Waals surface area contributed by atoms with Gasteiger partial charge in [-0.2, -0.15) is 0 Å². The second kappa shape index (κ2) is 8.80. The number of nitrogens with one attached hydrogen (secondary N) is 1. The van der Waals surface area contributed by atoms with Gasteiger partial charge < -0.3 is 10.5 Å². The summed E-state index contributed by atoms with van der Waals surface area (Å²) in [6.07, 6.45) is -1.04. The van der Waals surface area contributed by atoms with Crippen LogP contribution in [0.15, 0.2) is 54.6 Å². The van der Waals surface area contributed by atoms with Crippen molar-refractivity contribution in [3.63, 3.8) is 0 Å². The summed E-state index contributed by atoms with van der Waals surface area (Å²) < 4.78 is 5.23. The van der Waals surface area contributed by atoms with E-state index in [4.69, 9.17) is 10.5 Å². The molecule has 0 aliphatic carbocycles. The number of nitrogens with two attached hydrogens (primary N) is 1. The van der Waals surface area contributed by atoms with Crippen molar-refractivity contribution in [3.05, 3.63) is 60.2 Å². The minimum absolute atomic E-state index is 0.0299. The second-order valence-corrected chi connectivity index (χ2v) is 6.25. The van der Waals surface area contributed by atoms with Gasteiger partial charge >= 0.3 is 12.0 Å². The van der Waals surface area contributed by atoms with E-state index in [-0.39, 0.29) is 12.3 Å². The van der Waals surface area contributed by atoms with E-state index < -0.39 is 24.0 Å². The molecule has 0 heterocycles. The van der Waals surface area contributed by atoms with Crippen molar-refractivity contribution in [2.75, 3.05) is 0 Å². The highest BCUT2D eigenvalue weighted by Gasteiger charge is 2.27. The Labute approximate surface area is 152 Å². The highest BCUT2D eigenvalue weighted by molar-refractivity contribution is 5.96. The van der Waals surface area contributed by atoms with Gasteiger partial charge in [-0.05, 0) is 22.6 Å². The molecule has 3 amide bonds. The van der Waals surface area contributed by atoms with Crippen LogP contribution in [0.2, 0.25) is 0 Å². The maximum atomic E-state index is 12.2. The zero-order valence-corrected chi connectivity index (χ0v) is 14.8. The first-order valence-electron chi connectivity index (χ1n) is 8.31. The maximum absolute atomic E-state index is 12.2. The van der Waals surface area contributed by atoms with Crippen LogP contribution in [0, 0.1) is 5.92 Å². The standard InChI is InChI=1S/C20H22N2O4/c1-13(2)18(19(24)22-20(21)25)26-17(23)12-14-8-10-16(11-9-14)15-6-4-3-5-7-15/h3-11,13,18H,12H2,1-2H3,(H3,21,22,24,25)/t18-/m0/s1. The Morgan fingerprint density at radius 1 is 0.962 bits per heavy atom. The van der Waals surface area contributed by atoms with Crippen LogP contribution in [0.1, 0.15) is 19.4 Å². The van der Waals surface area contributed by atoms with Gasteiger partial charge in [-0.15, -0.1) is 0 Å². The number of hydrogen-bond donors (Lipinski definition) is 2. The fourth-order valence-corrected chi connectivity index (χ4v) is 2.48. The smallest absolute Gasteiger partial charge is 0.318 e. The summed E-state index contributed by atoms with van der Waals surface area (Å²) >= 11 is 0. The number of rotatable bonds is 6. The quantitative estimate of drug-likeness (QED) is 0.779. The molecule has 0 radical (unpaired) electrons. The lowest BCUT2D eigenvalue weighted by molar-refractivity contribution is -0.157. The van der Waals surface area contributed by atoms with Gasteiger partial charge in [-0.3, -0.25) is 14.9 Å². The van der Waals surface area contributed by atoms with Crippen LogP contribution < -0.4 is 11.1 Å². The van der Waals surface area contributed by atoms with E-state index in [9.17, 15) is 14.4 Å². The third-order valence-electron chi connectivity index (χ3n) is 3.78. The van der Waals surface area contributed by atoms with Crippen molar-refractivity contribution >= 4 is 17.9 Å². The molecule has 2 aromatic carbocycles. The second-order valence-electron chi connectivity index (χ2n) is 6.25. The number of urea groups is 1. The largest absolute Gasteiger partial charge is 0.452 e. The Morgan fingerprint density at radius 2 is 1.54 bits per heavy atom. The summed E-state index contributed by atoms with van der Waals surface area (Å²) in [4.78, 5) is 34.9. The number of primary amides is 1. The Bertz CT molecular complexity index is 770. The SMILES string of the molecule is CC(C)[C@H](OC(=O)Cc1ccc(-c2ccccc2)cc1)C(=O)NC(N)=O. The maximum Gasteiger partial charge on any atom is 0.318 e. The van der Waals surface area contributed by atoms with Gasteiger partial charge in [0.25, 0.3) is 5.91 Å². The molecule has 6 nitrogen and oxygen atoms in total. The molecule has 0 aromatic heterocycles. The van der Waals surface area contributed by atoms with E-state index in [1.165, 1.54) is 0 Å². The number of imide groups is 1. The molecule has 2 aromatic rings. The van der Waals surface area contributed by atoms with Crippen molar-refractivity contribution in [1.82, 2.24) is 5.32 Å². The average molecular weight is 354 g/mol. The lowest BCUT2D eigenvalue weighted by Crippen LogP contribution is -2.45. The van der Waals surface area contributed by atoms with Crippen molar-refractivity contribution in [3.8, 4) is 11.1 Å². The van der Waals surface area contributed by atoms with Crippen molar-refractivity contribution < 1.29 is 19.1 Å². The first-order valence-corrected chi connectivity index (χ1v) is 8.31. The molecule has 3 N–H and O–H groups in total. The van der Waals surface area contributed by atoms with Crippen LogP contribution in [0.5, 0.6) is 0 Å². The number of benzene rings is 2. The zero-order chi connectivity index (χ0) is 19.1. The minimum Gasteiger partial charge on any atom is -0.452 e. The number of carbonyl (C=O) groups excluding carboxylic acids is 3. The van der Waals surface area contributed by atoms with Crippen LogP contribution in [0.4, 0.5) is 4.79 Å². The topological polar surface area (TPSA) is 98.5 Å². The van der Waals surface area contributed by atoms with Crippen molar-refractivity contribution in [2.24, 2.45) is 11.7 Å². The molecule has 0 aliphatic heterocycles. The summed E-state index contributed by atoms with van der Waals surface area (Å²) in [6.45, 7) is 3.43. The summed E-state index contributed by atoms with van der Waals surface area (Å²) in [5.41, 5.74) is 7.84. The number of esters is 1. The Kier molecular flexibility index (Phi) is 6.49. The van der Waals surface area contributed by atoms with Crippen LogP contribution in [-0.2, 0) is 20.7 Å². The summed E-state index contributed by atoms with van der Waals surface area (Å²) in [5.74, 6) is -1.56. The molecule has 26 heavy (non-hydrogen) atoms. The Balaban J connectivity index is 2.00. The molecular weight excluding hydrogens is 332 g/mol. The van der Waals surface area contributed by atoms with Crippen LogP contribution >= 0.6 is 0 Å². The van der Waals surface area contributed by atoms with Gasteiger partial charge in [0.05, 0.1) is 6.42 Å². The van der Waals surface area contributed by atoms with E-state index in [0.717, 1.165) is 16.7 Å². The molecular formula is C20H22N2O4. The fourth-order valence-electron chi connectivity index (χ4n) is 2.48. The van der Waals surface area contributed by atoms with E-state index in [1.54, 1.807) is 13.8 Å². The zero-order valence-electron chi connectivity index (χ0n) is 14.8. The highest BCUT2D eigenvalue weighted by atomic mass is 16.5. The molecule has 136 valence electrons. The van der Waals surface area contributed by atoms with E-state index in [2.05, 4.69) is 0 Å². The molecule has 2 rings (SSSR count). The molecule has 0 spiro atoms. The number of carbonyl (C=O) groups is 3. The molecule has 0 fully saturated rings. The van der Waals surface area contributed by atoms with Crippen LogP contribution in [0.3, 0.4) is 0 Å². The molecule has 0 saturated heterocycles. The molecule has 0 saturated carbocycles. The molecule has 1 atom stereocenters. The van der Waals surface area contributed by atoms with Crippen LogP contribution in [0.25, 0.3) is 11.1 Å². The Hall–Kier alpha value is -3.15. The van der Waals surface area contributed by atoms with E-state index >= 15 is 0 Å². The van der Waals surface area contributed by atoms with E-state index in [1.807, 2.05) is 59.9 Å². The molecule has 0 aliphatic rings. The van der Waals surface area contributed by atoms with Gasteiger partial charge in [0.15, 0.2) is 6.10 Å². The van der Waals surface area contributed by atoms with Gasteiger partial charge in [-0.25, -0.2) is 4.79 Å². The monoisotopic (exact) mass is 354 g/mol. The number of ether oxygens (including phenoxy) is 1. The molecule has 0 bridgehead atoms. The highest BCUT2D eigenvalue weighted by Crippen LogP contribution is 2.19. The average Bonchev–Trinajstić information content (AvgIpc) is 2.60. The molecule has 6 heteroatoms. The predicted molar refractivity (Wildman–Crippen MR) is 98.0 cm³/mol. The number of amides is 3. The lowest BCUT2D eigenvalue weighted by Gasteiger charge is -2.19. The summed E-state index contributed by atoms with van der Waals surface area (Å²) in [6, 6.07) is 16.5. The normalized spacial score (nSPS) is 11.7. The van der Waals surface area contributed by atoms with Gasteiger partial charge in [-0.1, -0.05) is 68.4 Å². The van der Waals surface area contributed by atoms with Gasteiger partial charge in [0.1, 0.15) is 0 Å². The van der Waals surface area contributed by atoms with E-state index in [0.29, 0.717) is 0 Å². The van der Waals surface area contributed by atoms with Gasteiger partial charge in [0.2, 0.25) is 0 Å². The third kappa shape index (κ3) is 5.44. The molecule has 0 unspecified atom stereocenters. The minimum atomic E-state index is -1.07. The summed E-state index contributed by atoms with van der Waals surface area (Å²) in [7, 11) is 0. The van der Waals surface area contributed by atoms with Crippen LogP contribution in [-0.4, -0.2) is 24.0 Å². The van der Waals surface area contributed by atoms with Gasteiger partial charge in [0, 0.05) is 0 Å².